The number of esters is 1. The van der Waals surface area contributed by atoms with Gasteiger partial charge in [-0.2, -0.15) is 5.26 Å². The van der Waals surface area contributed by atoms with Crippen molar-refractivity contribution >= 4 is 23.4 Å². The number of nitrogens with zero attached hydrogens (tertiary/aromatic N) is 2. The SMILES string of the molecule is CCOC(=O)c1ccccc1NC(=O)/C(C#N)=C\Nc1cc(C)ccn1. The van der Waals surface area contributed by atoms with Gasteiger partial charge in [0.05, 0.1) is 17.9 Å². The molecule has 1 aromatic heterocycles. The molecule has 0 aliphatic carbocycles. The monoisotopic (exact) mass is 350 g/mol. The van der Waals surface area contributed by atoms with Gasteiger partial charge in [-0.15, -0.1) is 0 Å². The topological polar surface area (TPSA) is 104 Å². The number of hydrogen-bond acceptors (Lipinski definition) is 6. The third-order valence-corrected chi connectivity index (χ3v) is 3.32. The first-order valence-electron chi connectivity index (χ1n) is 7.92. The van der Waals surface area contributed by atoms with E-state index in [2.05, 4.69) is 15.6 Å². The van der Waals surface area contributed by atoms with E-state index in [0.717, 1.165) is 5.56 Å². The minimum atomic E-state index is -0.649. The number of nitrogens with one attached hydrogen (secondary N) is 2. The Bertz CT molecular complexity index is 884. The highest BCUT2D eigenvalue weighted by Crippen LogP contribution is 2.17. The van der Waals surface area contributed by atoms with Gasteiger partial charge < -0.3 is 15.4 Å². The minimum Gasteiger partial charge on any atom is -0.462 e. The Balaban J connectivity index is 2.16. The van der Waals surface area contributed by atoms with Crippen molar-refractivity contribution in [3.8, 4) is 6.07 Å². The first kappa shape index (κ1) is 18.7. The predicted octanol–water partition coefficient (Wildman–Crippen LogP) is 3.02. The van der Waals surface area contributed by atoms with Crippen LogP contribution in [0.3, 0.4) is 0 Å². The lowest BCUT2D eigenvalue weighted by molar-refractivity contribution is -0.112. The first-order chi connectivity index (χ1) is 12.5. The molecule has 2 rings (SSSR count). The number of anilines is 2. The van der Waals surface area contributed by atoms with E-state index in [4.69, 9.17) is 4.74 Å². The molecule has 2 aromatic rings. The smallest absolute Gasteiger partial charge is 0.340 e. The maximum Gasteiger partial charge on any atom is 0.340 e. The number of benzene rings is 1. The average molecular weight is 350 g/mol. The fourth-order valence-corrected chi connectivity index (χ4v) is 2.08. The average Bonchev–Trinajstić information content (AvgIpc) is 2.63. The quantitative estimate of drug-likeness (QED) is 0.471. The van der Waals surface area contributed by atoms with Crippen molar-refractivity contribution in [1.29, 1.82) is 5.26 Å². The number of nitriles is 1. The van der Waals surface area contributed by atoms with Gasteiger partial charge in [-0.3, -0.25) is 4.79 Å². The van der Waals surface area contributed by atoms with E-state index in [0.29, 0.717) is 5.82 Å². The number of pyridine rings is 1. The largest absolute Gasteiger partial charge is 0.462 e. The summed E-state index contributed by atoms with van der Waals surface area (Å²) >= 11 is 0. The van der Waals surface area contributed by atoms with E-state index < -0.39 is 11.9 Å². The summed E-state index contributed by atoms with van der Waals surface area (Å²) in [5.74, 6) is -0.685. The number of aromatic nitrogens is 1. The molecule has 1 aromatic carbocycles. The van der Waals surface area contributed by atoms with Crippen LogP contribution in [0.25, 0.3) is 0 Å². The van der Waals surface area contributed by atoms with Gasteiger partial charge in [0.1, 0.15) is 17.5 Å². The van der Waals surface area contributed by atoms with Crippen LogP contribution in [-0.4, -0.2) is 23.5 Å². The van der Waals surface area contributed by atoms with Crippen molar-refractivity contribution in [3.05, 3.63) is 65.5 Å². The molecule has 26 heavy (non-hydrogen) atoms. The van der Waals surface area contributed by atoms with Crippen molar-refractivity contribution in [3.63, 3.8) is 0 Å². The number of hydrogen-bond donors (Lipinski definition) is 2. The predicted molar refractivity (Wildman–Crippen MR) is 97.3 cm³/mol. The lowest BCUT2D eigenvalue weighted by Crippen LogP contribution is -2.17. The van der Waals surface area contributed by atoms with Gasteiger partial charge in [0, 0.05) is 12.4 Å². The zero-order valence-corrected chi connectivity index (χ0v) is 14.4. The molecule has 1 amide bonds. The molecule has 7 heteroatoms. The summed E-state index contributed by atoms with van der Waals surface area (Å²) in [6.07, 6.45) is 2.89. The lowest BCUT2D eigenvalue weighted by Gasteiger charge is -2.10. The van der Waals surface area contributed by atoms with Crippen LogP contribution in [0.1, 0.15) is 22.8 Å². The molecule has 2 N–H and O–H groups in total. The second-order valence-corrected chi connectivity index (χ2v) is 5.25. The lowest BCUT2D eigenvalue weighted by atomic mass is 10.1. The highest BCUT2D eigenvalue weighted by Gasteiger charge is 2.16. The summed E-state index contributed by atoms with van der Waals surface area (Å²) in [4.78, 5) is 28.4. The number of aryl methyl sites for hydroxylation is 1. The zero-order valence-electron chi connectivity index (χ0n) is 14.4. The molecule has 0 radical (unpaired) electrons. The van der Waals surface area contributed by atoms with Gasteiger partial charge in [0.25, 0.3) is 5.91 Å². The maximum absolute atomic E-state index is 12.4. The molecule has 0 bridgehead atoms. The van der Waals surface area contributed by atoms with Crippen LogP contribution < -0.4 is 10.6 Å². The van der Waals surface area contributed by atoms with E-state index in [9.17, 15) is 14.9 Å². The van der Waals surface area contributed by atoms with E-state index in [-0.39, 0.29) is 23.4 Å². The fraction of sp³-hybridized carbons (Fsp3) is 0.158. The molecule has 0 unspecified atom stereocenters. The summed E-state index contributed by atoms with van der Waals surface area (Å²) in [6.45, 7) is 3.82. The number of amides is 1. The van der Waals surface area contributed by atoms with Crippen molar-refractivity contribution in [2.24, 2.45) is 0 Å². The maximum atomic E-state index is 12.4. The van der Waals surface area contributed by atoms with Crippen LogP contribution in [-0.2, 0) is 9.53 Å². The van der Waals surface area contributed by atoms with E-state index in [1.165, 1.54) is 12.3 Å². The Morgan fingerprint density at radius 2 is 2.08 bits per heavy atom. The molecule has 0 aliphatic rings. The highest BCUT2D eigenvalue weighted by molar-refractivity contribution is 6.09. The second kappa shape index (κ2) is 8.99. The fourth-order valence-electron chi connectivity index (χ4n) is 2.08. The standard InChI is InChI=1S/C19H18N4O3/c1-3-26-19(25)15-6-4-5-7-16(15)23-18(24)14(11-20)12-22-17-10-13(2)8-9-21-17/h4-10,12H,3H2,1-2H3,(H,21,22)(H,23,24)/b14-12-. The Labute approximate surface area is 151 Å². The van der Waals surface area contributed by atoms with Crippen LogP contribution >= 0.6 is 0 Å². The molecular weight excluding hydrogens is 332 g/mol. The van der Waals surface area contributed by atoms with E-state index in [1.54, 1.807) is 37.4 Å². The normalized spacial score (nSPS) is 10.6. The number of rotatable bonds is 6. The summed E-state index contributed by atoms with van der Waals surface area (Å²) in [5.41, 5.74) is 1.31. The summed E-state index contributed by atoms with van der Waals surface area (Å²) in [6, 6.07) is 11.9. The summed E-state index contributed by atoms with van der Waals surface area (Å²) in [7, 11) is 0. The Kier molecular flexibility index (Phi) is 6.46. The third kappa shape index (κ3) is 4.92. The number of carbonyl (C=O) groups excluding carboxylic acids is 2. The van der Waals surface area contributed by atoms with Gasteiger partial charge >= 0.3 is 5.97 Å². The van der Waals surface area contributed by atoms with Crippen LogP contribution in [0.15, 0.2) is 54.4 Å². The molecular formula is C19H18N4O3. The van der Waals surface area contributed by atoms with Gasteiger partial charge in [-0.1, -0.05) is 12.1 Å². The minimum absolute atomic E-state index is 0.160. The molecule has 0 saturated carbocycles. The van der Waals surface area contributed by atoms with Crippen molar-refractivity contribution < 1.29 is 14.3 Å². The third-order valence-electron chi connectivity index (χ3n) is 3.32. The van der Waals surface area contributed by atoms with Gasteiger partial charge in [-0.05, 0) is 43.7 Å². The van der Waals surface area contributed by atoms with Gasteiger partial charge in [0.2, 0.25) is 0 Å². The molecule has 0 atom stereocenters. The molecule has 0 saturated heterocycles. The van der Waals surface area contributed by atoms with Crippen molar-refractivity contribution in [2.45, 2.75) is 13.8 Å². The molecule has 1 heterocycles. The van der Waals surface area contributed by atoms with Crippen molar-refractivity contribution in [1.82, 2.24) is 4.98 Å². The van der Waals surface area contributed by atoms with E-state index in [1.807, 2.05) is 19.1 Å². The number of para-hydroxylation sites is 1. The second-order valence-electron chi connectivity index (χ2n) is 5.25. The molecule has 7 nitrogen and oxygen atoms in total. The molecule has 0 aliphatic heterocycles. The molecule has 0 spiro atoms. The van der Waals surface area contributed by atoms with Gasteiger partial charge in [0.15, 0.2) is 0 Å². The number of ether oxygens (including phenoxy) is 1. The Hall–Kier alpha value is -3.66. The highest BCUT2D eigenvalue weighted by atomic mass is 16.5. The summed E-state index contributed by atoms with van der Waals surface area (Å²) < 4.78 is 4.96. The molecule has 0 fully saturated rings. The van der Waals surface area contributed by atoms with E-state index >= 15 is 0 Å². The summed E-state index contributed by atoms with van der Waals surface area (Å²) in [5, 5.41) is 14.6. The van der Waals surface area contributed by atoms with Crippen LogP contribution in [0, 0.1) is 18.3 Å². The van der Waals surface area contributed by atoms with Gasteiger partial charge in [-0.25, -0.2) is 9.78 Å². The number of carbonyl (C=O) groups is 2. The van der Waals surface area contributed by atoms with Crippen LogP contribution in [0.2, 0.25) is 0 Å². The zero-order chi connectivity index (χ0) is 18.9. The van der Waals surface area contributed by atoms with Crippen LogP contribution in [0.4, 0.5) is 11.5 Å². The first-order valence-corrected chi connectivity index (χ1v) is 7.92. The van der Waals surface area contributed by atoms with Crippen molar-refractivity contribution in [2.75, 3.05) is 17.2 Å². The van der Waals surface area contributed by atoms with Crippen LogP contribution in [0.5, 0.6) is 0 Å². The molecule has 132 valence electrons. The Morgan fingerprint density at radius 3 is 2.77 bits per heavy atom. The Morgan fingerprint density at radius 1 is 1.31 bits per heavy atom.